The van der Waals surface area contributed by atoms with Gasteiger partial charge in [-0.25, -0.2) is 4.39 Å². The second kappa shape index (κ2) is 2.96. The lowest BCUT2D eigenvalue weighted by Crippen LogP contribution is -2.13. The molecule has 0 unspecified atom stereocenters. The normalized spacial score (nSPS) is 18.7. The summed E-state index contributed by atoms with van der Waals surface area (Å²) in [5, 5.41) is 9.25. The quantitative estimate of drug-likeness (QED) is 0.778. The molecule has 0 heterocycles. The van der Waals surface area contributed by atoms with E-state index in [1.165, 1.54) is 6.07 Å². The van der Waals surface area contributed by atoms with Gasteiger partial charge in [0.15, 0.2) is 0 Å². The first-order valence-corrected chi connectivity index (χ1v) is 4.63. The molecule has 1 aliphatic rings. The zero-order valence-electron chi connectivity index (χ0n) is 7.06. The molecular weight excluding hydrogens is 191 g/mol. The fourth-order valence-corrected chi connectivity index (χ4v) is 1.75. The molecular formula is C10H10ClFO. The van der Waals surface area contributed by atoms with Crippen molar-refractivity contribution in [3.8, 4) is 0 Å². The minimum absolute atomic E-state index is 0.00423. The summed E-state index contributed by atoms with van der Waals surface area (Å²) < 4.78 is 13.5. The van der Waals surface area contributed by atoms with Crippen LogP contribution in [0.5, 0.6) is 0 Å². The van der Waals surface area contributed by atoms with Crippen molar-refractivity contribution in [3.05, 3.63) is 34.6 Å². The second-order valence-electron chi connectivity index (χ2n) is 3.54. The number of benzene rings is 1. The molecule has 0 atom stereocenters. The summed E-state index contributed by atoms with van der Waals surface area (Å²) >= 11 is 5.65. The van der Waals surface area contributed by atoms with Gasteiger partial charge < -0.3 is 5.11 Å². The maximum atomic E-state index is 13.5. The second-order valence-corrected chi connectivity index (χ2v) is 3.95. The first kappa shape index (κ1) is 8.97. The highest BCUT2D eigenvalue weighted by atomic mass is 35.5. The van der Waals surface area contributed by atoms with Crippen LogP contribution in [-0.4, -0.2) is 11.7 Å². The molecule has 0 bridgehead atoms. The van der Waals surface area contributed by atoms with Gasteiger partial charge in [0.25, 0.3) is 0 Å². The zero-order valence-corrected chi connectivity index (χ0v) is 7.81. The Morgan fingerprint density at radius 1 is 1.46 bits per heavy atom. The number of rotatable bonds is 2. The maximum Gasteiger partial charge on any atom is 0.145 e. The van der Waals surface area contributed by atoms with Crippen LogP contribution in [0.4, 0.5) is 4.39 Å². The van der Waals surface area contributed by atoms with Crippen LogP contribution in [0.2, 0.25) is 5.02 Å². The Labute approximate surface area is 81.1 Å². The number of aliphatic hydroxyl groups is 1. The highest BCUT2D eigenvalue weighted by molar-refractivity contribution is 6.30. The smallest absolute Gasteiger partial charge is 0.145 e. The van der Waals surface area contributed by atoms with Crippen molar-refractivity contribution in [2.75, 3.05) is 6.61 Å². The van der Waals surface area contributed by atoms with E-state index in [-0.39, 0.29) is 22.9 Å². The van der Waals surface area contributed by atoms with Crippen molar-refractivity contribution in [1.29, 1.82) is 0 Å². The van der Waals surface area contributed by atoms with E-state index in [4.69, 9.17) is 16.7 Å². The van der Waals surface area contributed by atoms with Crippen molar-refractivity contribution in [2.24, 2.45) is 0 Å². The molecule has 0 amide bonds. The Balaban J connectivity index is 2.46. The molecule has 0 saturated heterocycles. The molecule has 1 fully saturated rings. The lowest BCUT2D eigenvalue weighted by atomic mass is 9.96. The average molecular weight is 201 g/mol. The van der Waals surface area contributed by atoms with Crippen LogP contribution in [0.3, 0.4) is 0 Å². The highest BCUT2D eigenvalue weighted by Gasteiger charge is 2.45. The molecule has 0 radical (unpaired) electrons. The molecule has 1 nitrogen and oxygen atoms in total. The van der Waals surface area contributed by atoms with Gasteiger partial charge in [-0.05, 0) is 24.5 Å². The average Bonchev–Trinajstić information content (AvgIpc) is 2.90. The van der Waals surface area contributed by atoms with E-state index in [9.17, 15) is 4.39 Å². The Morgan fingerprint density at radius 3 is 2.69 bits per heavy atom. The molecule has 0 spiro atoms. The van der Waals surface area contributed by atoms with Gasteiger partial charge in [-0.2, -0.15) is 0 Å². The van der Waals surface area contributed by atoms with Gasteiger partial charge in [-0.1, -0.05) is 23.7 Å². The van der Waals surface area contributed by atoms with Crippen LogP contribution in [0.15, 0.2) is 18.2 Å². The minimum Gasteiger partial charge on any atom is -0.395 e. The van der Waals surface area contributed by atoms with Crippen LogP contribution in [0.25, 0.3) is 0 Å². The Kier molecular flexibility index (Phi) is 2.05. The van der Waals surface area contributed by atoms with Crippen molar-refractivity contribution < 1.29 is 9.50 Å². The van der Waals surface area contributed by atoms with Crippen molar-refractivity contribution >= 4 is 11.6 Å². The summed E-state index contributed by atoms with van der Waals surface area (Å²) in [5.74, 6) is -0.379. The number of hydrogen-bond acceptors (Lipinski definition) is 1. The standard InChI is InChI=1S/C10H10ClFO/c11-8-3-1-2-7(9(8)12)10(6-13)4-5-10/h1-3,13H,4-6H2. The third-order valence-electron chi connectivity index (χ3n) is 2.68. The molecule has 2 rings (SSSR count). The molecule has 3 heteroatoms. The van der Waals surface area contributed by atoms with Crippen LogP contribution in [-0.2, 0) is 5.41 Å². The summed E-state index contributed by atoms with van der Waals surface area (Å²) in [5.41, 5.74) is 0.220. The highest BCUT2D eigenvalue weighted by Crippen LogP contribution is 2.49. The van der Waals surface area contributed by atoms with Gasteiger partial charge in [-0.15, -0.1) is 0 Å². The van der Waals surface area contributed by atoms with E-state index in [2.05, 4.69) is 0 Å². The van der Waals surface area contributed by atoms with Crippen molar-refractivity contribution in [3.63, 3.8) is 0 Å². The third kappa shape index (κ3) is 1.34. The zero-order chi connectivity index (χ0) is 9.47. The number of halogens is 2. The summed E-state index contributed by atoms with van der Waals surface area (Å²) in [6, 6.07) is 4.94. The SMILES string of the molecule is OCC1(c2cccc(Cl)c2F)CC1. The fourth-order valence-electron chi connectivity index (χ4n) is 1.58. The largest absolute Gasteiger partial charge is 0.395 e. The maximum absolute atomic E-state index is 13.5. The molecule has 70 valence electrons. The summed E-state index contributed by atoms with van der Waals surface area (Å²) in [6.07, 6.45) is 1.70. The van der Waals surface area contributed by atoms with E-state index >= 15 is 0 Å². The number of aliphatic hydroxyl groups excluding tert-OH is 1. The summed E-state index contributed by atoms with van der Waals surface area (Å²) in [7, 11) is 0. The Bertz CT molecular complexity index is 334. The van der Waals surface area contributed by atoms with Gasteiger partial charge in [0.05, 0.1) is 11.6 Å². The van der Waals surface area contributed by atoms with Crippen molar-refractivity contribution in [1.82, 2.24) is 0 Å². The van der Waals surface area contributed by atoms with Crippen LogP contribution in [0.1, 0.15) is 18.4 Å². The lowest BCUT2D eigenvalue weighted by molar-refractivity contribution is 0.252. The number of hydrogen-bond donors (Lipinski definition) is 1. The van der Waals surface area contributed by atoms with Gasteiger partial charge in [0, 0.05) is 5.41 Å². The van der Waals surface area contributed by atoms with Crippen LogP contribution in [0, 0.1) is 5.82 Å². The first-order chi connectivity index (χ1) is 6.19. The van der Waals surface area contributed by atoms with Crippen molar-refractivity contribution in [2.45, 2.75) is 18.3 Å². The predicted octanol–water partition coefficient (Wildman–Crippen LogP) is 2.50. The van der Waals surface area contributed by atoms with Gasteiger partial charge >= 0.3 is 0 Å². The molecule has 0 aromatic heterocycles. The predicted molar refractivity (Wildman–Crippen MR) is 49.4 cm³/mol. The Hall–Kier alpha value is -0.600. The topological polar surface area (TPSA) is 20.2 Å². The lowest BCUT2D eigenvalue weighted by Gasteiger charge is -2.13. The monoisotopic (exact) mass is 200 g/mol. The van der Waals surface area contributed by atoms with E-state index < -0.39 is 0 Å². The molecule has 0 aliphatic heterocycles. The van der Waals surface area contributed by atoms with Gasteiger partial charge in [-0.3, -0.25) is 0 Å². The van der Waals surface area contributed by atoms with E-state index in [0.717, 1.165) is 12.8 Å². The summed E-state index contributed by atoms with van der Waals surface area (Å²) in [6.45, 7) is 0.00423. The molecule has 1 aromatic carbocycles. The Morgan fingerprint density at radius 2 is 2.15 bits per heavy atom. The first-order valence-electron chi connectivity index (χ1n) is 4.25. The van der Waals surface area contributed by atoms with Gasteiger partial charge in [0.2, 0.25) is 0 Å². The van der Waals surface area contributed by atoms with Crippen LogP contribution >= 0.6 is 11.6 Å². The molecule has 1 saturated carbocycles. The summed E-state index contributed by atoms with van der Waals surface area (Å²) in [4.78, 5) is 0. The molecule has 1 N–H and O–H groups in total. The van der Waals surface area contributed by atoms with E-state index in [1.54, 1.807) is 12.1 Å². The molecule has 1 aliphatic carbocycles. The van der Waals surface area contributed by atoms with E-state index in [0.29, 0.717) is 5.56 Å². The van der Waals surface area contributed by atoms with E-state index in [1.807, 2.05) is 0 Å². The van der Waals surface area contributed by atoms with Gasteiger partial charge in [0.1, 0.15) is 5.82 Å². The molecule has 1 aromatic rings. The fraction of sp³-hybridized carbons (Fsp3) is 0.400. The third-order valence-corrected chi connectivity index (χ3v) is 2.97. The minimum atomic E-state index is -0.379. The van der Waals surface area contributed by atoms with Crippen LogP contribution < -0.4 is 0 Å². The molecule has 13 heavy (non-hydrogen) atoms.